The van der Waals surface area contributed by atoms with Gasteiger partial charge in [0.25, 0.3) is 0 Å². The second kappa shape index (κ2) is 8.10. The highest BCUT2D eigenvalue weighted by Crippen LogP contribution is 2.28. The third-order valence-corrected chi connectivity index (χ3v) is 3.90. The minimum absolute atomic E-state index is 0.0633. The maximum atomic E-state index is 12.5. The number of aliphatic hydroxyl groups is 1. The molecule has 1 aliphatic rings. The summed E-state index contributed by atoms with van der Waals surface area (Å²) in [5.41, 5.74) is 0.515. The Balaban J connectivity index is 2.09. The smallest absolute Gasteiger partial charge is 0.387 e. The van der Waals surface area contributed by atoms with Crippen LogP contribution in [0.2, 0.25) is 0 Å². The Morgan fingerprint density at radius 1 is 1.48 bits per heavy atom. The fraction of sp³-hybridized carbons (Fsp3) is 0.562. The van der Waals surface area contributed by atoms with Crippen LogP contribution in [0.4, 0.5) is 13.6 Å². The van der Waals surface area contributed by atoms with E-state index in [1.165, 1.54) is 6.07 Å². The monoisotopic (exact) mass is 328 g/mol. The molecule has 1 aromatic carbocycles. The van der Waals surface area contributed by atoms with E-state index in [4.69, 9.17) is 0 Å². The number of para-hydroxylation sites is 1. The van der Waals surface area contributed by atoms with Crippen molar-refractivity contribution in [2.75, 3.05) is 13.1 Å². The van der Waals surface area contributed by atoms with Crippen molar-refractivity contribution in [2.45, 2.75) is 44.9 Å². The Hall–Kier alpha value is -1.89. The number of amides is 2. The molecule has 128 valence electrons. The molecule has 2 rings (SSSR count). The van der Waals surface area contributed by atoms with Crippen LogP contribution in [0.3, 0.4) is 0 Å². The molecule has 7 heteroatoms. The molecule has 2 amide bonds. The fourth-order valence-electron chi connectivity index (χ4n) is 2.75. The van der Waals surface area contributed by atoms with Gasteiger partial charge in [-0.15, -0.1) is 0 Å². The third-order valence-electron chi connectivity index (χ3n) is 3.90. The van der Waals surface area contributed by atoms with Crippen molar-refractivity contribution in [1.29, 1.82) is 0 Å². The number of nitrogens with zero attached hydrogens (tertiary/aromatic N) is 1. The molecule has 1 fully saturated rings. The third kappa shape index (κ3) is 4.79. The van der Waals surface area contributed by atoms with Gasteiger partial charge in [-0.05, 0) is 25.3 Å². The fourth-order valence-corrected chi connectivity index (χ4v) is 2.75. The van der Waals surface area contributed by atoms with Crippen molar-refractivity contribution in [3.63, 3.8) is 0 Å². The van der Waals surface area contributed by atoms with Gasteiger partial charge in [-0.3, -0.25) is 0 Å². The van der Waals surface area contributed by atoms with Crippen LogP contribution in [-0.2, 0) is 0 Å². The van der Waals surface area contributed by atoms with Crippen LogP contribution < -0.4 is 10.1 Å². The number of carbonyl (C=O) groups excluding carboxylic acids is 1. The van der Waals surface area contributed by atoms with E-state index in [1.54, 1.807) is 23.1 Å². The van der Waals surface area contributed by atoms with Gasteiger partial charge in [-0.2, -0.15) is 8.78 Å². The first kappa shape index (κ1) is 17.5. The largest absolute Gasteiger partial charge is 0.434 e. The van der Waals surface area contributed by atoms with Crippen molar-refractivity contribution in [2.24, 2.45) is 0 Å². The number of hydrogen-bond acceptors (Lipinski definition) is 3. The van der Waals surface area contributed by atoms with Crippen molar-refractivity contribution in [3.8, 4) is 5.75 Å². The Morgan fingerprint density at radius 2 is 2.22 bits per heavy atom. The van der Waals surface area contributed by atoms with Gasteiger partial charge in [0.1, 0.15) is 5.75 Å². The Bertz CT molecular complexity index is 528. The summed E-state index contributed by atoms with van der Waals surface area (Å²) in [6.07, 6.45) is 1.46. The van der Waals surface area contributed by atoms with Crippen LogP contribution in [0, 0.1) is 0 Å². The maximum Gasteiger partial charge on any atom is 0.387 e. The molecule has 1 heterocycles. The number of β-amino-alcohol motifs (C(OH)–C–C–N with tert-alkyl or cyclic N) is 1. The molecule has 2 unspecified atom stereocenters. The average Bonchev–Trinajstić information content (AvgIpc) is 2.52. The molecule has 0 aromatic heterocycles. The summed E-state index contributed by atoms with van der Waals surface area (Å²) in [4.78, 5) is 13.9. The van der Waals surface area contributed by atoms with Crippen LogP contribution in [0.1, 0.15) is 37.8 Å². The summed E-state index contributed by atoms with van der Waals surface area (Å²) < 4.78 is 29.6. The number of hydrogen-bond donors (Lipinski definition) is 2. The maximum absolute atomic E-state index is 12.5. The topological polar surface area (TPSA) is 61.8 Å². The lowest BCUT2D eigenvalue weighted by Crippen LogP contribution is -2.47. The number of ether oxygens (including phenoxy) is 1. The molecule has 0 spiro atoms. The summed E-state index contributed by atoms with van der Waals surface area (Å²) in [5.74, 6) is 0.0633. The normalized spacial score (nSPS) is 19.5. The summed E-state index contributed by atoms with van der Waals surface area (Å²) >= 11 is 0. The molecular weight excluding hydrogens is 306 g/mol. The van der Waals surface area contributed by atoms with Crippen LogP contribution >= 0.6 is 0 Å². The molecule has 0 bridgehead atoms. The predicted molar refractivity (Wildman–Crippen MR) is 81.5 cm³/mol. The second-order valence-electron chi connectivity index (χ2n) is 5.57. The zero-order chi connectivity index (χ0) is 16.8. The number of aliphatic hydroxyl groups excluding tert-OH is 1. The number of halogens is 2. The predicted octanol–water partition coefficient (Wildman–Crippen LogP) is 2.91. The molecule has 1 saturated heterocycles. The van der Waals surface area contributed by atoms with E-state index in [0.717, 1.165) is 6.42 Å². The quantitative estimate of drug-likeness (QED) is 0.874. The molecule has 2 atom stereocenters. The highest BCUT2D eigenvalue weighted by molar-refractivity contribution is 5.75. The van der Waals surface area contributed by atoms with E-state index in [0.29, 0.717) is 24.9 Å². The van der Waals surface area contributed by atoms with Crippen LogP contribution in [-0.4, -0.2) is 41.8 Å². The summed E-state index contributed by atoms with van der Waals surface area (Å²) in [5, 5.41) is 12.5. The first-order valence-electron chi connectivity index (χ1n) is 7.78. The lowest BCUT2D eigenvalue weighted by atomic mass is 10.0. The molecule has 23 heavy (non-hydrogen) atoms. The van der Waals surface area contributed by atoms with Crippen LogP contribution in [0.5, 0.6) is 5.75 Å². The van der Waals surface area contributed by atoms with E-state index in [1.807, 2.05) is 6.92 Å². The highest BCUT2D eigenvalue weighted by Gasteiger charge is 2.25. The van der Waals surface area contributed by atoms with Gasteiger partial charge in [-0.25, -0.2) is 4.79 Å². The van der Waals surface area contributed by atoms with Crippen molar-refractivity contribution in [1.82, 2.24) is 10.2 Å². The van der Waals surface area contributed by atoms with E-state index < -0.39 is 18.8 Å². The number of piperidine rings is 1. The van der Waals surface area contributed by atoms with Gasteiger partial charge in [0.2, 0.25) is 0 Å². The number of alkyl halides is 2. The van der Waals surface area contributed by atoms with Gasteiger partial charge in [-0.1, -0.05) is 25.1 Å². The minimum Gasteiger partial charge on any atom is -0.434 e. The molecule has 1 aromatic rings. The SMILES string of the molecule is CCC(NC(=O)N1CCCC(O)C1)c1ccccc1OC(F)F. The summed E-state index contributed by atoms with van der Waals surface area (Å²) in [7, 11) is 0. The summed E-state index contributed by atoms with van der Waals surface area (Å²) in [6.45, 7) is -0.192. The zero-order valence-electron chi connectivity index (χ0n) is 13.0. The number of rotatable bonds is 5. The number of benzene rings is 1. The average molecular weight is 328 g/mol. The van der Waals surface area contributed by atoms with Crippen LogP contribution in [0.25, 0.3) is 0 Å². The number of likely N-dealkylation sites (tertiary alicyclic amines) is 1. The Labute approximate surface area is 134 Å². The molecule has 0 aliphatic carbocycles. The highest BCUT2D eigenvalue weighted by atomic mass is 19.3. The lowest BCUT2D eigenvalue weighted by molar-refractivity contribution is -0.0507. The van der Waals surface area contributed by atoms with E-state index in [-0.39, 0.29) is 18.3 Å². The molecule has 5 nitrogen and oxygen atoms in total. The van der Waals surface area contributed by atoms with Crippen molar-refractivity contribution >= 4 is 6.03 Å². The first-order valence-corrected chi connectivity index (χ1v) is 7.78. The lowest BCUT2D eigenvalue weighted by Gasteiger charge is -2.32. The molecule has 2 N–H and O–H groups in total. The van der Waals surface area contributed by atoms with Gasteiger partial charge < -0.3 is 20.1 Å². The van der Waals surface area contributed by atoms with E-state index >= 15 is 0 Å². The summed E-state index contributed by atoms with van der Waals surface area (Å²) in [6, 6.07) is 5.71. The van der Waals surface area contributed by atoms with Gasteiger partial charge in [0.05, 0.1) is 12.1 Å². The van der Waals surface area contributed by atoms with E-state index in [9.17, 15) is 18.7 Å². The molecule has 0 saturated carbocycles. The standard InChI is InChI=1S/C16H22F2N2O3/c1-2-13(12-7-3-4-8-14(12)23-15(17)18)19-16(22)20-9-5-6-11(21)10-20/h3-4,7-8,11,13,15,21H,2,5-6,9-10H2,1H3,(H,19,22). The molecule has 1 aliphatic heterocycles. The van der Waals surface area contributed by atoms with Gasteiger partial charge in [0, 0.05) is 18.7 Å². The Morgan fingerprint density at radius 3 is 2.87 bits per heavy atom. The first-order chi connectivity index (χ1) is 11.0. The molecular formula is C16H22F2N2O3. The van der Waals surface area contributed by atoms with Gasteiger partial charge >= 0.3 is 12.6 Å². The zero-order valence-corrected chi connectivity index (χ0v) is 13.0. The van der Waals surface area contributed by atoms with Crippen LogP contribution in [0.15, 0.2) is 24.3 Å². The second-order valence-corrected chi connectivity index (χ2v) is 5.57. The van der Waals surface area contributed by atoms with Gasteiger partial charge in [0.15, 0.2) is 0 Å². The molecule has 0 radical (unpaired) electrons. The number of carbonyl (C=O) groups is 1. The van der Waals surface area contributed by atoms with E-state index in [2.05, 4.69) is 10.1 Å². The minimum atomic E-state index is -2.92. The van der Waals surface area contributed by atoms with Crippen molar-refractivity contribution < 1.29 is 23.4 Å². The number of urea groups is 1. The van der Waals surface area contributed by atoms with Crippen molar-refractivity contribution in [3.05, 3.63) is 29.8 Å². The number of nitrogens with one attached hydrogen (secondary N) is 1. The Kier molecular flexibility index (Phi) is 6.15.